The van der Waals surface area contributed by atoms with E-state index in [0.717, 1.165) is 6.20 Å². The van der Waals surface area contributed by atoms with Crippen LogP contribution in [-0.4, -0.2) is 10.2 Å². The van der Waals surface area contributed by atoms with Gasteiger partial charge >= 0.3 is 0 Å². The number of aryl methyl sites for hydroxylation is 1. The first-order valence-corrected chi connectivity index (χ1v) is 3.84. The summed E-state index contributed by atoms with van der Waals surface area (Å²) in [6.07, 6.45) is -1.63. The van der Waals surface area contributed by atoms with Gasteiger partial charge in [-0.3, -0.25) is 9.78 Å². The standard InChI is InChI=1S/C8H6ClF2NO/c1-4-2-5(8(10)11)3-12-6(4)7(9)13/h2-3,8H,1H3. The Morgan fingerprint density at radius 3 is 2.62 bits per heavy atom. The molecule has 0 saturated carbocycles. The molecule has 0 atom stereocenters. The normalized spacial score (nSPS) is 10.5. The van der Waals surface area contributed by atoms with Crippen LogP contribution < -0.4 is 0 Å². The number of rotatable bonds is 2. The molecule has 0 unspecified atom stereocenters. The van der Waals surface area contributed by atoms with Crippen molar-refractivity contribution in [3.63, 3.8) is 0 Å². The SMILES string of the molecule is Cc1cc(C(F)F)cnc1C(=O)Cl. The molecule has 13 heavy (non-hydrogen) atoms. The van der Waals surface area contributed by atoms with E-state index in [-0.39, 0.29) is 11.3 Å². The van der Waals surface area contributed by atoms with Gasteiger partial charge in [0.25, 0.3) is 11.7 Å². The highest BCUT2D eigenvalue weighted by Crippen LogP contribution is 2.20. The van der Waals surface area contributed by atoms with E-state index >= 15 is 0 Å². The molecule has 0 aliphatic heterocycles. The maximum Gasteiger partial charge on any atom is 0.271 e. The molecule has 1 aromatic heterocycles. The highest BCUT2D eigenvalue weighted by atomic mass is 35.5. The van der Waals surface area contributed by atoms with Crippen molar-refractivity contribution in [3.8, 4) is 0 Å². The van der Waals surface area contributed by atoms with Gasteiger partial charge in [-0.1, -0.05) is 0 Å². The van der Waals surface area contributed by atoms with Gasteiger partial charge in [0, 0.05) is 11.8 Å². The lowest BCUT2D eigenvalue weighted by molar-refractivity contribution is 0.107. The van der Waals surface area contributed by atoms with Crippen molar-refractivity contribution in [1.82, 2.24) is 4.98 Å². The van der Waals surface area contributed by atoms with Crippen molar-refractivity contribution in [2.75, 3.05) is 0 Å². The summed E-state index contributed by atoms with van der Waals surface area (Å²) in [6, 6.07) is 1.20. The van der Waals surface area contributed by atoms with E-state index < -0.39 is 11.7 Å². The van der Waals surface area contributed by atoms with Gasteiger partial charge in [-0.25, -0.2) is 8.78 Å². The average molecular weight is 206 g/mol. The second kappa shape index (κ2) is 3.79. The predicted molar refractivity (Wildman–Crippen MR) is 44.1 cm³/mol. The monoisotopic (exact) mass is 205 g/mol. The molecule has 0 bridgehead atoms. The van der Waals surface area contributed by atoms with Gasteiger partial charge in [0.15, 0.2) is 0 Å². The molecule has 0 aromatic carbocycles. The van der Waals surface area contributed by atoms with E-state index in [1.807, 2.05) is 0 Å². The smallest absolute Gasteiger partial charge is 0.271 e. The van der Waals surface area contributed by atoms with Crippen LogP contribution in [0.1, 0.15) is 28.0 Å². The Hall–Kier alpha value is -1.03. The van der Waals surface area contributed by atoms with Crippen molar-refractivity contribution in [3.05, 3.63) is 29.1 Å². The minimum atomic E-state index is -2.58. The summed E-state index contributed by atoms with van der Waals surface area (Å²) in [6.45, 7) is 1.51. The van der Waals surface area contributed by atoms with Crippen molar-refractivity contribution in [2.45, 2.75) is 13.3 Å². The first-order valence-electron chi connectivity index (χ1n) is 3.47. The number of nitrogens with zero attached hydrogens (tertiary/aromatic N) is 1. The molecule has 0 radical (unpaired) electrons. The van der Waals surface area contributed by atoms with E-state index in [9.17, 15) is 13.6 Å². The van der Waals surface area contributed by atoms with E-state index in [1.165, 1.54) is 13.0 Å². The second-order valence-electron chi connectivity index (χ2n) is 2.51. The minimum Gasteiger partial charge on any atom is -0.274 e. The third-order valence-corrected chi connectivity index (χ3v) is 1.72. The van der Waals surface area contributed by atoms with E-state index in [0.29, 0.717) is 5.56 Å². The van der Waals surface area contributed by atoms with Crippen LogP contribution in [0.4, 0.5) is 8.78 Å². The van der Waals surface area contributed by atoms with Gasteiger partial charge in [0.05, 0.1) is 0 Å². The molecule has 1 rings (SSSR count). The molecule has 0 N–H and O–H groups in total. The lowest BCUT2D eigenvalue weighted by Crippen LogP contribution is -1.99. The molecule has 0 saturated heterocycles. The molecule has 0 amide bonds. The molecule has 1 heterocycles. The zero-order valence-corrected chi connectivity index (χ0v) is 7.48. The molecule has 2 nitrogen and oxygen atoms in total. The van der Waals surface area contributed by atoms with Gasteiger partial charge in [-0.05, 0) is 30.2 Å². The second-order valence-corrected chi connectivity index (χ2v) is 2.85. The first-order chi connectivity index (χ1) is 6.02. The largest absolute Gasteiger partial charge is 0.274 e. The Morgan fingerprint density at radius 1 is 1.62 bits per heavy atom. The third-order valence-electron chi connectivity index (χ3n) is 1.54. The number of carbonyl (C=O) groups is 1. The van der Waals surface area contributed by atoms with E-state index in [4.69, 9.17) is 11.6 Å². The predicted octanol–water partition coefficient (Wildman–Crippen LogP) is 2.71. The number of halogens is 3. The van der Waals surface area contributed by atoms with E-state index in [2.05, 4.69) is 4.98 Å². The van der Waals surface area contributed by atoms with Crippen molar-refractivity contribution in [1.29, 1.82) is 0 Å². The molecular formula is C8H6ClF2NO. The van der Waals surface area contributed by atoms with Crippen LogP contribution in [0.5, 0.6) is 0 Å². The molecule has 0 fully saturated rings. The summed E-state index contributed by atoms with van der Waals surface area (Å²) in [7, 11) is 0. The first kappa shape index (κ1) is 10.1. The van der Waals surface area contributed by atoms with Crippen LogP contribution in [0, 0.1) is 6.92 Å². The van der Waals surface area contributed by atoms with Gasteiger partial charge in [-0.2, -0.15) is 0 Å². The molecule has 0 spiro atoms. The summed E-state index contributed by atoms with van der Waals surface area (Å²) in [5.41, 5.74) is 0.169. The number of hydrogen-bond acceptors (Lipinski definition) is 2. The molecule has 70 valence electrons. The zero-order chi connectivity index (χ0) is 10.0. The van der Waals surface area contributed by atoms with Gasteiger partial charge in [0.2, 0.25) is 0 Å². The summed E-state index contributed by atoms with van der Waals surface area (Å²) in [5.74, 6) is 0. The summed E-state index contributed by atoms with van der Waals surface area (Å²) in [4.78, 5) is 14.2. The minimum absolute atomic E-state index is 0.0195. The highest BCUT2D eigenvalue weighted by molar-refractivity contribution is 6.67. The van der Waals surface area contributed by atoms with Gasteiger partial charge < -0.3 is 0 Å². The molecular weight excluding hydrogens is 200 g/mol. The number of pyridine rings is 1. The Balaban J connectivity index is 3.13. The fraction of sp³-hybridized carbons (Fsp3) is 0.250. The van der Waals surface area contributed by atoms with E-state index in [1.54, 1.807) is 0 Å². The van der Waals surface area contributed by atoms with Crippen molar-refractivity contribution >= 4 is 16.8 Å². The number of aromatic nitrogens is 1. The zero-order valence-electron chi connectivity index (χ0n) is 6.72. The Bertz CT molecular complexity index is 341. The number of hydrogen-bond donors (Lipinski definition) is 0. The molecule has 1 aromatic rings. The number of alkyl halides is 2. The topological polar surface area (TPSA) is 30.0 Å². The van der Waals surface area contributed by atoms with Crippen LogP contribution in [-0.2, 0) is 0 Å². The lowest BCUT2D eigenvalue weighted by Gasteiger charge is -2.02. The van der Waals surface area contributed by atoms with Gasteiger partial charge in [0.1, 0.15) is 5.69 Å². The fourth-order valence-electron chi connectivity index (χ4n) is 0.922. The Kier molecular flexibility index (Phi) is 2.93. The third kappa shape index (κ3) is 2.21. The maximum atomic E-state index is 12.1. The Morgan fingerprint density at radius 2 is 2.23 bits per heavy atom. The van der Waals surface area contributed by atoms with Gasteiger partial charge in [-0.15, -0.1) is 0 Å². The summed E-state index contributed by atoms with van der Waals surface area (Å²) in [5, 5.41) is -0.738. The molecule has 5 heteroatoms. The van der Waals surface area contributed by atoms with Crippen LogP contribution in [0.25, 0.3) is 0 Å². The van der Waals surface area contributed by atoms with Crippen LogP contribution >= 0.6 is 11.6 Å². The van der Waals surface area contributed by atoms with Crippen molar-refractivity contribution in [2.24, 2.45) is 0 Å². The summed E-state index contributed by atoms with van der Waals surface area (Å²) < 4.78 is 24.2. The number of carbonyl (C=O) groups excluding carboxylic acids is 1. The van der Waals surface area contributed by atoms with Crippen LogP contribution in [0.2, 0.25) is 0 Å². The maximum absolute atomic E-state index is 12.1. The van der Waals surface area contributed by atoms with Crippen LogP contribution in [0.15, 0.2) is 12.3 Å². The highest BCUT2D eigenvalue weighted by Gasteiger charge is 2.12. The molecule has 0 aliphatic carbocycles. The Labute approximate surface area is 78.5 Å². The van der Waals surface area contributed by atoms with Crippen molar-refractivity contribution < 1.29 is 13.6 Å². The lowest BCUT2D eigenvalue weighted by atomic mass is 10.2. The quantitative estimate of drug-likeness (QED) is 0.695. The fourth-order valence-corrected chi connectivity index (χ4v) is 1.12. The average Bonchev–Trinajstić information content (AvgIpc) is 2.03. The summed E-state index contributed by atoms with van der Waals surface area (Å²) >= 11 is 5.15. The molecule has 0 aliphatic rings. The van der Waals surface area contributed by atoms with Crippen LogP contribution in [0.3, 0.4) is 0 Å².